The maximum atomic E-state index is 5.59. The molecular formula is C12H15N3O2S. The summed E-state index contributed by atoms with van der Waals surface area (Å²) in [5.41, 5.74) is 6.29. The van der Waals surface area contributed by atoms with E-state index in [0.717, 1.165) is 17.3 Å². The van der Waals surface area contributed by atoms with Gasteiger partial charge in [-0.05, 0) is 30.0 Å². The Morgan fingerprint density at radius 2 is 2.11 bits per heavy atom. The fourth-order valence-corrected chi connectivity index (χ4v) is 1.81. The van der Waals surface area contributed by atoms with Gasteiger partial charge in [0.15, 0.2) is 12.4 Å². The molecule has 0 atom stereocenters. The predicted octanol–water partition coefficient (Wildman–Crippen LogP) is 2.48. The number of hydrogen-bond donors (Lipinski definition) is 1. The van der Waals surface area contributed by atoms with Crippen molar-refractivity contribution in [2.24, 2.45) is 0 Å². The third-order valence-electron chi connectivity index (χ3n) is 2.19. The van der Waals surface area contributed by atoms with Gasteiger partial charge in [-0.2, -0.15) is 16.7 Å². The van der Waals surface area contributed by atoms with E-state index in [1.54, 1.807) is 36.0 Å². The summed E-state index contributed by atoms with van der Waals surface area (Å²) in [4.78, 5) is 4.23. The van der Waals surface area contributed by atoms with E-state index in [0.29, 0.717) is 17.4 Å². The zero-order valence-corrected chi connectivity index (χ0v) is 10.9. The summed E-state index contributed by atoms with van der Waals surface area (Å²) in [6.45, 7) is 2.36. The minimum atomic E-state index is 0.272. The Labute approximate surface area is 110 Å². The Bertz CT molecular complexity index is 484. The Morgan fingerprint density at radius 3 is 2.83 bits per heavy atom. The highest BCUT2D eigenvalue weighted by Gasteiger charge is 2.06. The van der Waals surface area contributed by atoms with Gasteiger partial charge in [-0.15, -0.1) is 0 Å². The number of nitrogen functional groups attached to an aromatic ring is 1. The maximum absolute atomic E-state index is 5.59. The van der Waals surface area contributed by atoms with E-state index in [-0.39, 0.29) is 6.61 Å². The second-order valence-electron chi connectivity index (χ2n) is 3.60. The van der Waals surface area contributed by atoms with Gasteiger partial charge < -0.3 is 15.0 Å². The van der Waals surface area contributed by atoms with Crippen LogP contribution in [0.15, 0.2) is 28.8 Å². The summed E-state index contributed by atoms with van der Waals surface area (Å²) >= 11 is 1.75. The van der Waals surface area contributed by atoms with Crippen LogP contribution < -0.4 is 10.5 Å². The van der Waals surface area contributed by atoms with Crippen LogP contribution in [0.25, 0.3) is 0 Å². The van der Waals surface area contributed by atoms with E-state index in [4.69, 9.17) is 15.0 Å². The SMILES string of the molecule is CCSCc1noc(COc2ccc(N)cc2)n1. The summed E-state index contributed by atoms with van der Waals surface area (Å²) < 4.78 is 10.6. The van der Waals surface area contributed by atoms with Crippen molar-refractivity contribution in [2.45, 2.75) is 19.3 Å². The maximum Gasteiger partial charge on any atom is 0.264 e. The lowest BCUT2D eigenvalue weighted by Gasteiger charge is -2.02. The number of benzene rings is 1. The molecule has 0 saturated heterocycles. The fraction of sp³-hybridized carbons (Fsp3) is 0.333. The molecule has 96 valence electrons. The van der Waals surface area contributed by atoms with E-state index >= 15 is 0 Å². The molecule has 0 aliphatic rings. The first-order chi connectivity index (χ1) is 8.78. The van der Waals surface area contributed by atoms with Crippen LogP contribution in [0, 0.1) is 0 Å². The second kappa shape index (κ2) is 6.30. The van der Waals surface area contributed by atoms with Crippen molar-refractivity contribution in [1.82, 2.24) is 10.1 Å². The van der Waals surface area contributed by atoms with E-state index in [1.165, 1.54) is 0 Å². The first-order valence-corrected chi connectivity index (χ1v) is 6.81. The molecule has 0 saturated carbocycles. The average molecular weight is 265 g/mol. The molecule has 0 radical (unpaired) electrons. The molecule has 0 bridgehead atoms. The Kier molecular flexibility index (Phi) is 4.46. The molecule has 18 heavy (non-hydrogen) atoms. The van der Waals surface area contributed by atoms with Crippen molar-refractivity contribution < 1.29 is 9.26 Å². The van der Waals surface area contributed by atoms with Crippen molar-refractivity contribution in [1.29, 1.82) is 0 Å². The average Bonchev–Trinajstić information content (AvgIpc) is 2.84. The lowest BCUT2D eigenvalue weighted by molar-refractivity contribution is 0.242. The van der Waals surface area contributed by atoms with Crippen molar-refractivity contribution in [3.63, 3.8) is 0 Å². The molecular weight excluding hydrogens is 250 g/mol. The molecule has 0 unspecified atom stereocenters. The molecule has 0 aliphatic carbocycles. The number of aromatic nitrogens is 2. The van der Waals surface area contributed by atoms with Gasteiger partial charge in [-0.1, -0.05) is 12.1 Å². The highest BCUT2D eigenvalue weighted by atomic mass is 32.2. The minimum Gasteiger partial charge on any atom is -0.484 e. The molecule has 0 aliphatic heterocycles. The fourth-order valence-electron chi connectivity index (χ4n) is 1.31. The van der Waals surface area contributed by atoms with Gasteiger partial charge in [-0.25, -0.2) is 0 Å². The second-order valence-corrected chi connectivity index (χ2v) is 4.87. The number of nitrogens with zero attached hydrogens (tertiary/aromatic N) is 2. The Balaban J connectivity index is 1.86. The first-order valence-electron chi connectivity index (χ1n) is 5.65. The number of rotatable bonds is 6. The lowest BCUT2D eigenvalue weighted by Crippen LogP contribution is -1.96. The van der Waals surface area contributed by atoms with Crippen molar-refractivity contribution in [3.05, 3.63) is 36.0 Å². The number of hydrogen-bond acceptors (Lipinski definition) is 6. The van der Waals surface area contributed by atoms with Crippen LogP contribution in [0.5, 0.6) is 5.75 Å². The van der Waals surface area contributed by atoms with Gasteiger partial charge in [0.2, 0.25) is 0 Å². The van der Waals surface area contributed by atoms with Gasteiger partial charge in [0.1, 0.15) is 5.75 Å². The van der Waals surface area contributed by atoms with Crippen LogP contribution in [0.1, 0.15) is 18.6 Å². The molecule has 0 fully saturated rings. The van der Waals surface area contributed by atoms with E-state index < -0.39 is 0 Å². The summed E-state index contributed by atoms with van der Waals surface area (Å²) in [7, 11) is 0. The van der Waals surface area contributed by atoms with Gasteiger partial charge in [0.25, 0.3) is 5.89 Å². The van der Waals surface area contributed by atoms with Gasteiger partial charge >= 0.3 is 0 Å². The molecule has 1 aromatic carbocycles. The highest BCUT2D eigenvalue weighted by molar-refractivity contribution is 7.98. The molecule has 2 N–H and O–H groups in total. The third-order valence-corrected chi connectivity index (χ3v) is 3.06. The van der Waals surface area contributed by atoms with Crippen molar-refractivity contribution in [3.8, 4) is 5.75 Å². The zero-order valence-electron chi connectivity index (χ0n) is 10.1. The largest absolute Gasteiger partial charge is 0.484 e. The molecule has 6 heteroatoms. The van der Waals surface area contributed by atoms with Crippen LogP contribution in [0.2, 0.25) is 0 Å². The van der Waals surface area contributed by atoms with Crippen molar-refractivity contribution >= 4 is 17.4 Å². The normalized spacial score (nSPS) is 10.5. The topological polar surface area (TPSA) is 74.2 Å². The van der Waals surface area contributed by atoms with Gasteiger partial charge in [-0.3, -0.25) is 0 Å². The monoisotopic (exact) mass is 265 g/mol. The number of thioether (sulfide) groups is 1. The standard InChI is InChI=1S/C12H15N3O2S/c1-2-18-8-11-14-12(17-15-11)7-16-10-5-3-9(13)4-6-10/h3-6H,2,7-8,13H2,1H3. The van der Waals surface area contributed by atoms with Crippen LogP contribution in [0.3, 0.4) is 0 Å². The summed E-state index contributed by atoms with van der Waals surface area (Å²) in [6, 6.07) is 7.18. The van der Waals surface area contributed by atoms with Crippen molar-refractivity contribution in [2.75, 3.05) is 11.5 Å². The van der Waals surface area contributed by atoms with Crippen LogP contribution >= 0.6 is 11.8 Å². The Morgan fingerprint density at radius 1 is 1.33 bits per heavy atom. The lowest BCUT2D eigenvalue weighted by atomic mass is 10.3. The molecule has 1 aromatic heterocycles. The quantitative estimate of drug-likeness (QED) is 0.809. The molecule has 5 nitrogen and oxygen atoms in total. The summed E-state index contributed by atoms with van der Waals surface area (Å²) in [5, 5.41) is 3.87. The minimum absolute atomic E-state index is 0.272. The smallest absolute Gasteiger partial charge is 0.264 e. The molecule has 0 amide bonds. The summed E-state index contributed by atoms with van der Waals surface area (Å²) in [5.74, 6) is 3.72. The first kappa shape index (κ1) is 12.8. The van der Waals surface area contributed by atoms with E-state index in [1.807, 2.05) is 0 Å². The van der Waals surface area contributed by atoms with E-state index in [2.05, 4.69) is 17.1 Å². The predicted molar refractivity (Wildman–Crippen MR) is 71.3 cm³/mol. The summed E-state index contributed by atoms with van der Waals surface area (Å²) in [6.07, 6.45) is 0. The van der Waals surface area contributed by atoms with Gasteiger partial charge in [0, 0.05) is 5.69 Å². The Hall–Kier alpha value is -1.69. The zero-order chi connectivity index (χ0) is 12.8. The van der Waals surface area contributed by atoms with Gasteiger partial charge in [0.05, 0.1) is 5.75 Å². The molecule has 2 aromatic rings. The van der Waals surface area contributed by atoms with Crippen LogP contribution in [-0.4, -0.2) is 15.9 Å². The molecule has 1 heterocycles. The third kappa shape index (κ3) is 3.66. The van der Waals surface area contributed by atoms with E-state index in [9.17, 15) is 0 Å². The van der Waals surface area contributed by atoms with Crippen LogP contribution in [0.4, 0.5) is 5.69 Å². The number of anilines is 1. The number of nitrogens with two attached hydrogens (primary N) is 1. The van der Waals surface area contributed by atoms with Crippen LogP contribution in [-0.2, 0) is 12.4 Å². The number of ether oxygens (including phenoxy) is 1. The molecule has 2 rings (SSSR count). The highest BCUT2D eigenvalue weighted by Crippen LogP contribution is 2.15. The molecule has 0 spiro atoms.